The molecule has 0 radical (unpaired) electrons. The van der Waals surface area contributed by atoms with Gasteiger partial charge in [0.2, 0.25) is 11.6 Å². The Labute approximate surface area is 165 Å². The van der Waals surface area contributed by atoms with Crippen molar-refractivity contribution in [3.8, 4) is 5.88 Å². The first-order valence-corrected chi connectivity index (χ1v) is 8.87. The Bertz CT molecular complexity index is 1060. The van der Waals surface area contributed by atoms with E-state index in [2.05, 4.69) is 15.0 Å². The van der Waals surface area contributed by atoms with E-state index in [4.69, 9.17) is 14.6 Å². The fourth-order valence-corrected chi connectivity index (χ4v) is 2.76. The van der Waals surface area contributed by atoms with E-state index in [-0.39, 0.29) is 49.1 Å². The number of esters is 1. The number of ether oxygens (including phenoxy) is 2. The molecule has 0 unspecified atom stereocenters. The Morgan fingerprint density at radius 2 is 2.00 bits per heavy atom. The first kappa shape index (κ1) is 20.1. The molecule has 3 aromatic rings. The zero-order chi connectivity index (χ0) is 21.0. The number of hydrogen-bond donors (Lipinski definition) is 1. The number of nitro groups is 1. The molecule has 1 aromatic carbocycles. The summed E-state index contributed by atoms with van der Waals surface area (Å²) in [5.74, 6) is -0.727. The fourth-order valence-electron chi connectivity index (χ4n) is 2.76. The van der Waals surface area contributed by atoms with Crippen LogP contribution in [0.4, 0.5) is 5.69 Å². The molecular weight excluding hydrogens is 382 g/mol. The number of fused-ring (bicyclic) bond motifs is 1. The number of nitrogens with zero attached hydrogens (tertiary/aromatic N) is 5. The molecule has 0 saturated carbocycles. The highest BCUT2D eigenvalue weighted by Crippen LogP contribution is 2.28. The van der Waals surface area contributed by atoms with Gasteiger partial charge in [0.15, 0.2) is 0 Å². The number of benzene rings is 1. The molecule has 2 aromatic heterocycles. The number of imidazole rings is 1. The summed E-state index contributed by atoms with van der Waals surface area (Å²) in [5, 5.41) is 20.7. The predicted octanol–water partition coefficient (Wildman–Crippen LogP) is 1.85. The van der Waals surface area contributed by atoms with Crippen LogP contribution in [0.3, 0.4) is 0 Å². The van der Waals surface area contributed by atoms with Crippen molar-refractivity contribution in [2.45, 2.75) is 27.0 Å². The molecule has 1 N–H and O–H groups in total. The zero-order valence-corrected chi connectivity index (χ0v) is 15.9. The maximum Gasteiger partial charge on any atom is 0.362 e. The summed E-state index contributed by atoms with van der Waals surface area (Å²) in [6.07, 6.45) is 3.05. The lowest BCUT2D eigenvalue weighted by atomic mass is 10.1. The molecule has 0 saturated heterocycles. The van der Waals surface area contributed by atoms with Crippen molar-refractivity contribution in [1.29, 1.82) is 0 Å². The summed E-state index contributed by atoms with van der Waals surface area (Å²) in [6.45, 7) is 3.67. The zero-order valence-electron chi connectivity index (χ0n) is 15.9. The molecule has 0 aliphatic carbocycles. The van der Waals surface area contributed by atoms with Gasteiger partial charge in [-0.1, -0.05) is 0 Å². The predicted molar refractivity (Wildman–Crippen MR) is 101 cm³/mol. The lowest BCUT2D eigenvalue weighted by Crippen LogP contribution is -2.12. The van der Waals surface area contributed by atoms with E-state index >= 15 is 0 Å². The molecule has 11 heteroatoms. The molecule has 0 spiro atoms. The van der Waals surface area contributed by atoms with Crippen LogP contribution in [-0.2, 0) is 17.9 Å². The second kappa shape index (κ2) is 8.61. The van der Waals surface area contributed by atoms with Gasteiger partial charge in [0.1, 0.15) is 0 Å². The van der Waals surface area contributed by atoms with E-state index in [0.29, 0.717) is 16.8 Å². The van der Waals surface area contributed by atoms with Gasteiger partial charge in [0.05, 0.1) is 59.9 Å². The first-order valence-electron chi connectivity index (χ1n) is 8.87. The molecule has 29 heavy (non-hydrogen) atoms. The molecule has 0 fully saturated rings. The van der Waals surface area contributed by atoms with Crippen LogP contribution < -0.4 is 4.74 Å². The Kier molecular flexibility index (Phi) is 5.98. The van der Waals surface area contributed by atoms with Crippen molar-refractivity contribution in [2.24, 2.45) is 0 Å². The highest BCUT2D eigenvalue weighted by molar-refractivity contribution is 5.93. The van der Waals surface area contributed by atoms with Crippen molar-refractivity contribution in [3.63, 3.8) is 0 Å². The Morgan fingerprint density at radius 3 is 2.62 bits per heavy atom. The Morgan fingerprint density at radius 1 is 1.24 bits per heavy atom. The van der Waals surface area contributed by atoms with Crippen LogP contribution in [0.5, 0.6) is 5.88 Å². The SMILES string of the molecule is CCOC(=O)c1nc2cc(Cn3cnc(CO)c3)c([N+](=O)[O-])cc2nc1OCC. The summed E-state index contributed by atoms with van der Waals surface area (Å²) in [7, 11) is 0. The number of aliphatic hydroxyl groups excluding tert-OH is 1. The maximum atomic E-state index is 12.2. The number of hydrogen-bond acceptors (Lipinski definition) is 9. The van der Waals surface area contributed by atoms with Crippen molar-refractivity contribution in [2.75, 3.05) is 13.2 Å². The molecule has 0 atom stereocenters. The van der Waals surface area contributed by atoms with Gasteiger partial charge in [-0.2, -0.15) is 0 Å². The minimum Gasteiger partial charge on any atom is -0.476 e. The number of carbonyl (C=O) groups is 1. The standard InChI is InChI=1S/C18H19N5O6/c1-3-28-17-16(18(25)29-4-2)20-13-5-11(7-22-8-12(9-24)19-10-22)15(23(26)27)6-14(13)21-17/h5-6,8,10,24H,3-4,7,9H2,1-2H3. The van der Waals surface area contributed by atoms with Crippen LogP contribution >= 0.6 is 0 Å². The van der Waals surface area contributed by atoms with Gasteiger partial charge in [-0.25, -0.2) is 19.7 Å². The van der Waals surface area contributed by atoms with Crippen LogP contribution in [0.15, 0.2) is 24.7 Å². The average molecular weight is 401 g/mol. The molecule has 2 heterocycles. The highest BCUT2D eigenvalue weighted by Gasteiger charge is 2.22. The summed E-state index contributed by atoms with van der Waals surface area (Å²) >= 11 is 0. The fraction of sp³-hybridized carbons (Fsp3) is 0.333. The van der Waals surface area contributed by atoms with Gasteiger partial charge in [-0.3, -0.25) is 10.1 Å². The summed E-state index contributed by atoms with van der Waals surface area (Å²) in [5.41, 5.74) is 1.05. The molecule has 0 aliphatic rings. The topological polar surface area (TPSA) is 142 Å². The number of aromatic nitrogens is 4. The lowest BCUT2D eigenvalue weighted by molar-refractivity contribution is -0.385. The van der Waals surface area contributed by atoms with Gasteiger partial charge in [-0.05, 0) is 19.9 Å². The van der Waals surface area contributed by atoms with Gasteiger partial charge < -0.3 is 19.1 Å². The summed E-state index contributed by atoms with van der Waals surface area (Å²) < 4.78 is 12.0. The van der Waals surface area contributed by atoms with Crippen molar-refractivity contribution in [1.82, 2.24) is 19.5 Å². The van der Waals surface area contributed by atoms with E-state index in [9.17, 15) is 14.9 Å². The molecule has 0 aliphatic heterocycles. The smallest absolute Gasteiger partial charge is 0.362 e. The van der Waals surface area contributed by atoms with E-state index in [1.54, 1.807) is 24.6 Å². The van der Waals surface area contributed by atoms with Gasteiger partial charge in [-0.15, -0.1) is 0 Å². The van der Waals surface area contributed by atoms with Crippen LogP contribution in [0.2, 0.25) is 0 Å². The third-order valence-electron chi connectivity index (χ3n) is 3.98. The summed E-state index contributed by atoms with van der Waals surface area (Å²) in [6, 6.07) is 2.79. The number of nitro benzene ring substituents is 1. The normalized spacial score (nSPS) is 10.9. The maximum absolute atomic E-state index is 12.2. The average Bonchev–Trinajstić information content (AvgIpc) is 3.15. The van der Waals surface area contributed by atoms with Gasteiger partial charge >= 0.3 is 5.97 Å². The second-order valence-electron chi connectivity index (χ2n) is 5.95. The minimum atomic E-state index is -0.688. The summed E-state index contributed by atoms with van der Waals surface area (Å²) in [4.78, 5) is 35.8. The molecule has 0 amide bonds. The van der Waals surface area contributed by atoms with Crippen LogP contribution in [-0.4, -0.2) is 48.7 Å². The molecule has 152 valence electrons. The molecular formula is C18H19N5O6. The monoisotopic (exact) mass is 401 g/mol. The Hall–Kier alpha value is -3.60. The van der Waals surface area contributed by atoms with E-state index in [0.717, 1.165) is 0 Å². The largest absolute Gasteiger partial charge is 0.476 e. The third-order valence-corrected chi connectivity index (χ3v) is 3.98. The quantitative estimate of drug-likeness (QED) is 0.340. The van der Waals surface area contributed by atoms with Crippen LogP contribution in [0.1, 0.15) is 35.6 Å². The van der Waals surface area contributed by atoms with Crippen molar-refractivity contribution in [3.05, 3.63) is 51.7 Å². The molecule has 3 rings (SSSR count). The van der Waals surface area contributed by atoms with E-state index in [1.807, 2.05) is 0 Å². The third kappa shape index (κ3) is 4.29. The molecule has 0 bridgehead atoms. The number of aliphatic hydroxyl groups is 1. The number of carbonyl (C=O) groups excluding carboxylic acids is 1. The Balaban J connectivity index is 2.12. The highest BCUT2D eigenvalue weighted by atomic mass is 16.6. The van der Waals surface area contributed by atoms with Crippen molar-refractivity contribution >= 4 is 22.7 Å². The first-order chi connectivity index (χ1) is 14.0. The van der Waals surface area contributed by atoms with E-state index in [1.165, 1.54) is 18.5 Å². The molecule has 11 nitrogen and oxygen atoms in total. The second-order valence-corrected chi connectivity index (χ2v) is 5.95. The lowest BCUT2D eigenvalue weighted by Gasteiger charge is -2.11. The van der Waals surface area contributed by atoms with E-state index < -0.39 is 10.9 Å². The number of rotatable bonds is 8. The van der Waals surface area contributed by atoms with Crippen LogP contribution in [0, 0.1) is 10.1 Å². The minimum absolute atomic E-state index is 0.0392. The van der Waals surface area contributed by atoms with Crippen LogP contribution in [0.25, 0.3) is 11.0 Å². The van der Waals surface area contributed by atoms with Gasteiger partial charge in [0.25, 0.3) is 5.69 Å². The van der Waals surface area contributed by atoms with Gasteiger partial charge in [0, 0.05) is 12.3 Å². The van der Waals surface area contributed by atoms with Crippen molar-refractivity contribution < 1.29 is 24.3 Å².